The van der Waals surface area contributed by atoms with Crippen LogP contribution in [0.25, 0.3) is 0 Å². The van der Waals surface area contributed by atoms with E-state index < -0.39 is 0 Å². The van der Waals surface area contributed by atoms with Crippen LogP contribution < -0.4 is 16.8 Å². The van der Waals surface area contributed by atoms with Crippen LogP contribution in [0.5, 0.6) is 0 Å². The fraction of sp³-hybridized carbons (Fsp3) is 0.933. The van der Waals surface area contributed by atoms with Crippen molar-refractivity contribution in [2.75, 3.05) is 39.3 Å². The number of carbonyl (C=O) groups excluding carboxylic acids is 1. The Bertz CT molecular complexity index is 262. The van der Waals surface area contributed by atoms with Gasteiger partial charge in [-0.2, -0.15) is 0 Å². The maximum atomic E-state index is 11.7. The summed E-state index contributed by atoms with van der Waals surface area (Å²) in [6.07, 6.45) is 7.48. The molecule has 0 aromatic carbocycles. The van der Waals surface area contributed by atoms with E-state index in [1.165, 1.54) is 19.3 Å². The second kappa shape index (κ2) is 11.8. The van der Waals surface area contributed by atoms with Gasteiger partial charge in [0.2, 0.25) is 0 Å². The Balaban J connectivity index is 2.13. The molecule has 1 amide bonds. The Morgan fingerprint density at radius 2 is 1.67 bits per heavy atom. The minimum absolute atomic E-state index is 0.278. The summed E-state index contributed by atoms with van der Waals surface area (Å²) in [6, 6.07) is 0.303. The summed E-state index contributed by atoms with van der Waals surface area (Å²) in [6.45, 7) is 4.41. The van der Waals surface area contributed by atoms with E-state index in [1.54, 1.807) is 0 Å². The molecule has 5 N–H and O–H groups in total. The molecule has 1 saturated carbocycles. The number of amides is 1. The second-order valence-corrected chi connectivity index (χ2v) is 5.74. The third-order valence-corrected chi connectivity index (χ3v) is 3.92. The van der Waals surface area contributed by atoms with Crippen molar-refractivity contribution in [3.63, 3.8) is 0 Å². The smallest absolute Gasteiger partial charge is 0.407 e. The Labute approximate surface area is 128 Å². The summed E-state index contributed by atoms with van der Waals surface area (Å²) in [7, 11) is 0. The number of nitrogens with two attached hydrogens (primary N) is 2. The first-order valence-electron chi connectivity index (χ1n) is 8.32. The van der Waals surface area contributed by atoms with Gasteiger partial charge in [0.1, 0.15) is 6.61 Å². The molecule has 1 aliphatic carbocycles. The average Bonchev–Trinajstić information content (AvgIpc) is 2.50. The molecule has 6 nitrogen and oxygen atoms in total. The summed E-state index contributed by atoms with van der Waals surface area (Å²) in [5, 5.41) is 2.96. The van der Waals surface area contributed by atoms with Crippen molar-refractivity contribution < 1.29 is 9.53 Å². The lowest BCUT2D eigenvalue weighted by molar-refractivity contribution is 0.121. The molecule has 0 unspecified atom stereocenters. The van der Waals surface area contributed by atoms with Crippen molar-refractivity contribution in [3.8, 4) is 0 Å². The minimum atomic E-state index is -0.278. The quantitative estimate of drug-likeness (QED) is 0.560. The highest BCUT2D eigenvalue weighted by molar-refractivity contribution is 5.67. The molecule has 0 spiro atoms. The Kier molecular flexibility index (Phi) is 10.2. The Morgan fingerprint density at radius 3 is 2.24 bits per heavy atom. The van der Waals surface area contributed by atoms with Crippen LogP contribution in [0.1, 0.15) is 44.9 Å². The lowest BCUT2D eigenvalue weighted by Crippen LogP contribution is -2.38. The summed E-state index contributed by atoms with van der Waals surface area (Å²) >= 11 is 0. The molecule has 0 atom stereocenters. The standard InChI is InChI=1S/C15H32N4O2/c16-8-4-10-19(11-5-9-17)12-13-21-15(20)18-14-6-2-1-3-7-14/h14H,1-13,16-17H2,(H,18,20). The van der Waals surface area contributed by atoms with Crippen molar-refractivity contribution in [3.05, 3.63) is 0 Å². The fourth-order valence-corrected chi connectivity index (χ4v) is 2.69. The zero-order valence-electron chi connectivity index (χ0n) is 13.2. The van der Waals surface area contributed by atoms with Crippen LogP contribution in [0.3, 0.4) is 0 Å². The van der Waals surface area contributed by atoms with Gasteiger partial charge in [-0.1, -0.05) is 19.3 Å². The zero-order chi connectivity index (χ0) is 15.3. The molecular formula is C15H32N4O2. The summed E-state index contributed by atoms with van der Waals surface area (Å²) < 4.78 is 5.28. The Morgan fingerprint density at radius 1 is 1.05 bits per heavy atom. The van der Waals surface area contributed by atoms with E-state index in [-0.39, 0.29) is 6.09 Å². The van der Waals surface area contributed by atoms with E-state index in [1.807, 2.05) is 0 Å². The maximum Gasteiger partial charge on any atom is 0.407 e. The number of hydrogen-bond acceptors (Lipinski definition) is 5. The van der Waals surface area contributed by atoms with Gasteiger partial charge in [0.15, 0.2) is 0 Å². The first kappa shape index (κ1) is 18.2. The molecule has 0 aromatic rings. The van der Waals surface area contributed by atoms with E-state index >= 15 is 0 Å². The summed E-state index contributed by atoms with van der Waals surface area (Å²) in [5.41, 5.74) is 11.1. The van der Waals surface area contributed by atoms with Gasteiger partial charge in [0, 0.05) is 12.6 Å². The van der Waals surface area contributed by atoms with E-state index in [4.69, 9.17) is 16.2 Å². The molecule has 124 valence electrons. The number of nitrogens with one attached hydrogen (secondary N) is 1. The van der Waals surface area contributed by atoms with Gasteiger partial charge >= 0.3 is 6.09 Å². The average molecular weight is 300 g/mol. The third-order valence-electron chi connectivity index (χ3n) is 3.92. The molecule has 0 aliphatic heterocycles. The van der Waals surface area contributed by atoms with E-state index in [0.717, 1.165) is 45.3 Å². The number of alkyl carbamates (subject to hydrolysis) is 1. The highest BCUT2D eigenvalue weighted by Gasteiger charge is 2.16. The van der Waals surface area contributed by atoms with Crippen LogP contribution in [-0.4, -0.2) is 56.4 Å². The van der Waals surface area contributed by atoms with Gasteiger partial charge in [0.05, 0.1) is 0 Å². The fourth-order valence-electron chi connectivity index (χ4n) is 2.69. The minimum Gasteiger partial charge on any atom is -0.448 e. The van der Waals surface area contributed by atoms with Gasteiger partial charge in [-0.25, -0.2) is 4.79 Å². The lowest BCUT2D eigenvalue weighted by atomic mass is 9.96. The number of rotatable bonds is 10. The zero-order valence-corrected chi connectivity index (χ0v) is 13.2. The van der Waals surface area contributed by atoms with Crippen LogP contribution in [0, 0.1) is 0 Å². The summed E-state index contributed by atoms with van der Waals surface area (Å²) in [5.74, 6) is 0. The van der Waals surface area contributed by atoms with Gasteiger partial charge in [-0.05, 0) is 51.9 Å². The second-order valence-electron chi connectivity index (χ2n) is 5.74. The van der Waals surface area contributed by atoms with Crippen LogP contribution in [0.15, 0.2) is 0 Å². The van der Waals surface area contributed by atoms with Crippen LogP contribution in [-0.2, 0) is 4.74 Å². The molecule has 0 aromatic heterocycles. The number of ether oxygens (including phenoxy) is 1. The first-order chi connectivity index (χ1) is 10.3. The monoisotopic (exact) mass is 300 g/mol. The van der Waals surface area contributed by atoms with E-state index in [0.29, 0.717) is 25.7 Å². The van der Waals surface area contributed by atoms with E-state index in [9.17, 15) is 4.79 Å². The highest BCUT2D eigenvalue weighted by Crippen LogP contribution is 2.17. The van der Waals surface area contributed by atoms with E-state index in [2.05, 4.69) is 10.2 Å². The number of carbonyl (C=O) groups is 1. The molecule has 1 fully saturated rings. The molecular weight excluding hydrogens is 268 g/mol. The predicted molar refractivity (Wildman–Crippen MR) is 85.1 cm³/mol. The van der Waals surface area contributed by atoms with Crippen LogP contribution in [0.4, 0.5) is 4.79 Å². The van der Waals surface area contributed by atoms with Crippen LogP contribution >= 0.6 is 0 Å². The molecule has 0 heterocycles. The van der Waals surface area contributed by atoms with Gasteiger partial charge < -0.3 is 21.5 Å². The molecule has 1 rings (SSSR count). The van der Waals surface area contributed by atoms with Crippen molar-refractivity contribution in [2.24, 2.45) is 11.5 Å². The molecule has 0 bridgehead atoms. The van der Waals surface area contributed by atoms with Crippen molar-refractivity contribution in [1.29, 1.82) is 0 Å². The largest absolute Gasteiger partial charge is 0.448 e. The maximum absolute atomic E-state index is 11.7. The molecule has 21 heavy (non-hydrogen) atoms. The number of nitrogens with zero attached hydrogens (tertiary/aromatic N) is 1. The van der Waals surface area contributed by atoms with Crippen LogP contribution in [0.2, 0.25) is 0 Å². The number of hydrogen-bond donors (Lipinski definition) is 3. The third kappa shape index (κ3) is 8.90. The molecule has 1 aliphatic rings. The van der Waals surface area contributed by atoms with Gasteiger partial charge in [0.25, 0.3) is 0 Å². The normalized spacial score (nSPS) is 16.1. The van der Waals surface area contributed by atoms with Gasteiger partial charge in [-0.3, -0.25) is 4.90 Å². The molecule has 0 radical (unpaired) electrons. The SMILES string of the molecule is NCCCN(CCCN)CCOC(=O)NC1CCCCC1. The molecule has 0 saturated heterocycles. The van der Waals surface area contributed by atoms with Crippen molar-refractivity contribution in [2.45, 2.75) is 51.0 Å². The van der Waals surface area contributed by atoms with Crippen molar-refractivity contribution >= 4 is 6.09 Å². The van der Waals surface area contributed by atoms with Crippen molar-refractivity contribution in [1.82, 2.24) is 10.2 Å². The Hall–Kier alpha value is -0.850. The highest BCUT2D eigenvalue weighted by atomic mass is 16.5. The summed E-state index contributed by atoms with van der Waals surface area (Å²) in [4.78, 5) is 14.0. The molecule has 6 heteroatoms. The van der Waals surface area contributed by atoms with Gasteiger partial charge in [-0.15, -0.1) is 0 Å². The topological polar surface area (TPSA) is 93.6 Å². The lowest BCUT2D eigenvalue weighted by Gasteiger charge is -2.24. The predicted octanol–water partition coefficient (Wildman–Crippen LogP) is 1.04. The first-order valence-corrected chi connectivity index (χ1v) is 8.32.